The van der Waals surface area contributed by atoms with Crippen molar-refractivity contribution in [3.8, 4) is 16.8 Å². The molecule has 1 heterocycles. The smallest absolute Gasteiger partial charge is 0.0541 e. The van der Waals surface area contributed by atoms with Crippen molar-refractivity contribution in [3.63, 3.8) is 0 Å². The number of para-hydroxylation sites is 7. The van der Waals surface area contributed by atoms with E-state index in [4.69, 9.17) is 0 Å². The molecule has 0 atom stereocenters. The lowest BCUT2D eigenvalue weighted by molar-refractivity contribution is 1.18. The van der Waals surface area contributed by atoms with E-state index in [0.717, 1.165) is 68.0 Å². The van der Waals surface area contributed by atoms with Crippen molar-refractivity contribution < 1.29 is 0 Å². The van der Waals surface area contributed by atoms with Gasteiger partial charge in [0.2, 0.25) is 0 Å². The summed E-state index contributed by atoms with van der Waals surface area (Å²) in [6.07, 6.45) is 0. The van der Waals surface area contributed by atoms with Gasteiger partial charge >= 0.3 is 0 Å². The van der Waals surface area contributed by atoms with Crippen LogP contribution in [0.1, 0.15) is 0 Å². The zero-order valence-electron chi connectivity index (χ0n) is 35.2. The van der Waals surface area contributed by atoms with Crippen LogP contribution >= 0.6 is 0 Å². The van der Waals surface area contributed by atoms with Gasteiger partial charge in [0.15, 0.2) is 0 Å². The third kappa shape index (κ3) is 7.23. The molecule has 0 bridgehead atoms. The number of aromatic nitrogens is 1. The number of nitrogens with zero attached hydrogens (tertiary/aromatic N) is 4. The highest BCUT2D eigenvalue weighted by atomic mass is 15.2. The fourth-order valence-corrected chi connectivity index (χ4v) is 9.08. The fourth-order valence-electron chi connectivity index (χ4n) is 9.08. The van der Waals surface area contributed by atoms with Crippen molar-refractivity contribution in [2.24, 2.45) is 0 Å². The third-order valence-electron chi connectivity index (χ3n) is 11.9. The van der Waals surface area contributed by atoms with Crippen molar-refractivity contribution >= 4 is 73.0 Å². The van der Waals surface area contributed by atoms with E-state index in [2.05, 4.69) is 286 Å². The quantitative estimate of drug-likeness (QED) is 0.129. The zero-order chi connectivity index (χ0) is 42.7. The van der Waals surface area contributed by atoms with Crippen LogP contribution in [0.3, 0.4) is 0 Å². The Labute approximate surface area is 374 Å². The number of hydrogen-bond acceptors (Lipinski definition) is 3. The summed E-state index contributed by atoms with van der Waals surface area (Å²) in [5.74, 6) is 0. The van der Waals surface area contributed by atoms with Crippen LogP contribution in [0, 0.1) is 0 Å². The molecule has 0 saturated carbocycles. The first-order chi connectivity index (χ1) is 31.8. The Kier molecular flexibility index (Phi) is 10.2. The monoisotopic (exact) mass is 820 g/mol. The van der Waals surface area contributed by atoms with E-state index < -0.39 is 0 Å². The Hall–Kier alpha value is -8.60. The SMILES string of the molecule is c1ccc(N(c2ccccc2)c2cccc(N(c3cccc(N(c4ccccc4)c4ccccc4)c3)c3ccccc3-c3ccc4c(c3)c3ccccc3n4-c3ccccc3)c2)cc1. The molecule has 0 N–H and O–H groups in total. The molecule has 4 nitrogen and oxygen atoms in total. The number of benzene rings is 10. The lowest BCUT2D eigenvalue weighted by Crippen LogP contribution is -2.15. The van der Waals surface area contributed by atoms with Gasteiger partial charge in [-0.3, -0.25) is 0 Å². The molecule has 11 aromatic rings. The molecule has 0 spiro atoms. The molecule has 11 rings (SSSR count). The van der Waals surface area contributed by atoms with Gasteiger partial charge in [0, 0.05) is 67.5 Å². The van der Waals surface area contributed by atoms with Crippen molar-refractivity contribution in [3.05, 3.63) is 267 Å². The number of fused-ring (bicyclic) bond motifs is 3. The van der Waals surface area contributed by atoms with Crippen molar-refractivity contribution in [2.45, 2.75) is 0 Å². The summed E-state index contributed by atoms with van der Waals surface area (Å²) in [7, 11) is 0. The van der Waals surface area contributed by atoms with Crippen LogP contribution in [0.2, 0.25) is 0 Å². The van der Waals surface area contributed by atoms with Gasteiger partial charge in [-0.15, -0.1) is 0 Å². The average molecular weight is 821 g/mol. The second-order valence-electron chi connectivity index (χ2n) is 15.8. The van der Waals surface area contributed by atoms with E-state index >= 15 is 0 Å². The molecule has 304 valence electrons. The van der Waals surface area contributed by atoms with E-state index in [-0.39, 0.29) is 0 Å². The standard InChI is InChI=1S/C60H44N4/c1-6-22-46(23-7-1)61(47-24-8-2-9-25-47)51-32-20-34-53(43-51)63(54-35-21-33-52(44-54)62(48-26-10-3-11-27-48)49-28-12-4-13-29-49)58-38-18-16-36-55(58)45-40-41-60-57(42-45)56-37-17-19-39-59(56)64(60)50-30-14-5-15-31-50/h1-44H. The summed E-state index contributed by atoms with van der Waals surface area (Å²) in [5, 5.41) is 2.44. The van der Waals surface area contributed by atoms with Crippen molar-refractivity contribution in [1.29, 1.82) is 0 Å². The molecule has 0 aliphatic rings. The van der Waals surface area contributed by atoms with Crippen LogP contribution in [-0.4, -0.2) is 4.57 Å². The van der Waals surface area contributed by atoms with Gasteiger partial charge < -0.3 is 19.3 Å². The predicted molar refractivity (Wildman–Crippen MR) is 270 cm³/mol. The van der Waals surface area contributed by atoms with E-state index in [0.29, 0.717) is 0 Å². The lowest BCUT2D eigenvalue weighted by Gasteiger charge is -2.32. The van der Waals surface area contributed by atoms with E-state index in [1.807, 2.05) is 0 Å². The zero-order valence-corrected chi connectivity index (χ0v) is 35.2. The van der Waals surface area contributed by atoms with E-state index in [1.165, 1.54) is 21.8 Å². The minimum atomic E-state index is 1.03. The van der Waals surface area contributed by atoms with Crippen LogP contribution < -0.4 is 14.7 Å². The predicted octanol–water partition coefficient (Wildman–Crippen LogP) is 16.9. The molecule has 10 aromatic carbocycles. The summed E-state index contributed by atoms with van der Waals surface area (Å²) in [6, 6.07) is 95.4. The van der Waals surface area contributed by atoms with Crippen LogP contribution in [0.4, 0.5) is 51.2 Å². The minimum Gasteiger partial charge on any atom is -0.310 e. The van der Waals surface area contributed by atoms with Gasteiger partial charge in [0.05, 0.1) is 16.7 Å². The molecule has 0 aliphatic heterocycles. The largest absolute Gasteiger partial charge is 0.310 e. The molecular formula is C60H44N4. The maximum Gasteiger partial charge on any atom is 0.0541 e. The Balaban J connectivity index is 1.12. The minimum absolute atomic E-state index is 1.03. The maximum atomic E-state index is 2.42. The van der Waals surface area contributed by atoms with Crippen LogP contribution in [0.15, 0.2) is 267 Å². The van der Waals surface area contributed by atoms with Gasteiger partial charge in [0.25, 0.3) is 0 Å². The second kappa shape index (κ2) is 17.0. The highest BCUT2D eigenvalue weighted by Crippen LogP contribution is 2.46. The summed E-state index contributed by atoms with van der Waals surface area (Å²) >= 11 is 0. The van der Waals surface area contributed by atoms with E-state index in [9.17, 15) is 0 Å². The third-order valence-corrected chi connectivity index (χ3v) is 11.9. The van der Waals surface area contributed by atoms with Crippen molar-refractivity contribution in [2.75, 3.05) is 14.7 Å². The first-order valence-corrected chi connectivity index (χ1v) is 21.8. The van der Waals surface area contributed by atoms with Crippen LogP contribution in [-0.2, 0) is 0 Å². The molecule has 64 heavy (non-hydrogen) atoms. The van der Waals surface area contributed by atoms with Gasteiger partial charge in [0.1, 0.15) is 0 Å². The molecule has 0 aliphatic carbocycles. The molecule has 0 fully saturated rings. The van der Waals surface area contributed by atoms with Gasteiger partial charge in [-0.05, 0) is 127 Å². The van der Waals surface area contributed by atoms with Crippen LogP contribution in [0.5, 0.6) is 0 Å². The molecule has 0 saturated heterocycles. The Bertz CT molecular complexity index is 3120. The average Bonchev–Trinajstić information content (AvgIpc) is 3.70. The first-order valence-electron chi connectivity index (χ1n) is 21.8. The molecule has 0 unspecified atom stereocenters. The molecule has 1 aromatic heterocycles. The number of anilines is 9. The normalized spacial score (nSPS) is 11.1. The highest BCUT2D eigenvalue weighted by molar-refractivity contribution is 6.11. The van der Waals surface area contributed by atoms with Gasteiger partial charge in [-0.25, -0.2) is 0 Å². The summed E-state index contributed by atoms with van der Waals surface area (Å²) in [5.41, 5.74) is 15.4. The topological polar surface area (TPSA) is 14.7 Å². The summed E-state index contributed by atoms with van der Waals surface area (Å²) < 4.78 is 2.38. The second-order valence-corrected chi connectivity index (χ2v) is 15.8. The first kappa shape index (κ1) is 38.3. The molecular weight excluding hydrogens is 777 g/mol. The summed E-state index contributed by atoms with van der Waals surface area (Å²) in [6.45, 7) is 0. The number of hydrogen-bond donors (Lipinski definition) is 0. The molecule has 0 radical (unpaired) electrons. The summed E-state index contributed by atoms with van der Waals surface area (Å²) in [4.78, 5) is 7.07. The number of rotatable bonds is 11. The highest BCUT2D eigenvalue weighted by Gasteiger charge is 2.22. The fraction of sp³-hybridized carbons (Fsp3) is 0. The Morgan fingerprint density at radius 2 is 0.641 bits per heavy atom. The van der Waals surface area contributed by atoms with Gasteiger partial charge in [-0.1, -0.05) is 146 Å². The van der Waals surface area contributed by atoms with Crippen molar-refractivity contribution in [1.82, 2.24) is 4.57 Å². The Morgan fingerprint density at radius 1 is 0.250 bits per heavy atom. The van der Waals surface area contributed by atoms with Gasteiger partial charge in [-0.2, -0.15) is 0 Å². The lowest BCUT2D eigenvalue weighted by atomic mass is 9.99. The maximum absolute atomic E-state index is 2.42. The molecule has 4 heteroatoms. The van der Waals surface area contributed by atoms with Crippen LogP contribution in [0.25, 0.3) is 38.6 Å². The van der Waals surface area contributed by atoms with E-state index in [1.54, 1.807) is 0 Å². The Morgan fingerprint density at radius 3 is 1.16 bits per heavy atom. The molecule has 0 amide bonds.